The lowest BCUT2D eigenvalue weighted by molar-refractivity contribution is 0.129. The molecule has 2 heterocycles. The minimum Gasteiger partial charge on any atom is -0.508 e. The van der Waals surface area contributed by atoms with Gasteiger partial charge in [-0.15, -0.1) is 0 Å². The van der Waals surface area contributed by atoms with Gasteiger partial charge in [-0.1, -0.05) is 37.3 Å². The van der Waals surface area contributed by atoms with Gasteiger partial charge in [0.1, 0.15) is 11.4 Å². The third-order valence-electron chi connectivity index (χ3n) is 6.47. The summed E-state index contributed by atoms with van der Waals surface area (Å²) in [6.45, 7) is 9.74. The number of rotatable bonds is 3. The minimum absolute atomic E-state index is 0.0727. The third kappa shape index (κ3) is 3.71. The number of aryl methyl sites for hydroxylation is 2. The first-order valence-electron chi connectivity index (χ1n) is 10.4. The Morgan fingerprint density at radius 3 is 2.54 bits per heavy atom. The number of phenols is 1. The van der Waals surface area contributed by atoms with Crippen molar-refractivity contribution in [2.24, 2.45) is 4.99 Å². The molecule has 1 fully saturated rings. The molecule has 0 saturated carbocycles. The van der Waals surface area contributed by atoms with E-state index in [1.807, 2.05) is 18.2 Å². The van der Waals surface area contributed by atoms with Crippen LogP contribution in [0.2, 0.25) is 0 Å². The molecule has 1 atom stereocenters. The first-order valence-corrected chi connectivity index (χ1v) is 10.4. The predicted octanol–water partition coefficient (Wildman–Crippen LogP) is 4.34. The molecule has 28 heavy (non-hydrogen) atoms. The molecule has 148 valence electrons. The normalized spacial score (nSPS) is 22.2. The number of hydrogen-bond acceptors (Lipinski definition) is 4. The number of likely N-dealkylation sites (tertiary alicyclic amines) is 1. The maximum absolute atomic E-state index is 10.5. The Morgan fingerprint density at radius 2 is 1.86 bits per heavy atom. The van der Waals surface area contributed by atoms with Crippen molar-refractivity contribution in [2.75, 3.05) is 19.6 Å². The van der Waals surface area contributed by atoms with Crippen LogP contribution in [0.3, 0.4) is 0 Å². The van der Waals surface area contributed by atoms with Gasteiger partial charge in [0.2, 0.25) is 0 Å². The van der Waals surface area contributed by atoms with E-state index in [1.165, 1.54) is 16.7 Å². The third-order valence-corrected chi connectivity index (χ3v) is 6.47. The Balaban J connectivity index is 1.73. The van der Waals surface area contributed by atoms with E-state index in [0.717, 1.165) is 50.2 Å². The number of aliphatic imine (C=N–C) groups is 1. The smallest absolute Gasteiger partial charge is 0.120 e. The fourth-order valence-electron chi connectivity index (χ4n) is 4.47. The number of benzene rings is 2. The fourth-order valence-corrected chi connectivity index (χ4v) is 4.47. The number of hydrogen-bond donors (Lipinski definition) is 2. The van der Waals surface area contributed by atoms with Gasteiger partial charge in [-0.25, -0.2) is 0 Å². The van der Waals surface area contributed by atoms with Gasteiger partial charge in [-0.05, 0) is 62.1 Å². The van der Waals surface area contributed by atoms with E-state index in [9.17, 15) is 5.11 Å². The van der Waals surface area contributed by atoms with Crippen molar-refractivity contribution in [3.8, 4) is 5.75 Å². The van der Waals surface area contributed by atoms with Gasteiger partial charge in [0.25, 0.3) is 0 Å². The number of phenolic OH excluding ortho intramolecular Hbond substituents is 1. The van der Waals surface area contributed by atoms with Crippen molar-refractivity contribution in [1.82, 2.24) is 10.2 Å². The lowest BCUT2D eigenvalue weighted by Gasteiger charge is -2.45. The van der Waals surface area contributed by atoms with Gasteiger partial charge in [-0.2, -0.15) is 0 Å². The molecule has 1 spiro atoms. The van der Waals surface area contributed by atoms with E-state index in [4.69, 9.17) is 4.99 Å². The summed E-state index contributed by atoms with van der Waals surface area (Å²) >= 11 is 0. The standard InChI is InChI=1S/C24H31N3O/c1-4-27-13-11-24(12-14-27)25-21(19-10-9-17(2)18(3)15-19)16-22(26-24)20-7-5-6-8-23(20)28/h5-10,15,22,26,28H,4,11-14,16H2,1-3H3. The molecular formula is C24H31N3O. The topological polar surface area (TPSA) is 47.9 Å². The zero-order chi connectivity index (χ0) is 19.7. The average Bonchev–Trinajstić information content (AvgIpc) is 2.71. The first-order chi connectivity index (χ1) is 13.5. The number of nitrogens with zero attached hydrogens (tertiary/aromatic N) is 2. The van der Waals surface area contributed by atoms with Crippen LogP contribution in [-0.4, -0.2) is 41.0 Å². The Bertz CT molecular complexity index is 881. The largest absolute Gasteiger partial charge is 0.508 e. The van der Waals surface area contributed by atoms with Crippen LogP contribution in [0.25, 0.3) is 0 Å². The van der Waals surface area contributed by atoms with Crippen molar-refractivity contribution < 1.29 is 5.11 Å². The van der Waals surface area contributed by atoms with E-state index in [2.05, 4.69) is 49.2 Å². The van der Waals surface area contributed by atoms with Gasteiger partial charge in [-0.3, -0.25) is 10.3 Å². The molecule has 2 aliphatic rings. The highest BCUT2D eigenvalue weighted by atomic mass is 16.3. The maximum Gasteiger partial charge on any atom is 0.120 e. The zero-order valence-corrected chi connectivity index (χ0v) is 17.2. The summed E-state index contributed by atoms with van der Waals surface area (Å²) < 4.78 is 0. The van der Waals surface area contributed by atoms with Crippen LogP contribution in [0.5, 0.6) is 5.75 Å². The molecule has 2 aromatic rings. The SMILES string of the molecule is CCN1CCC2(CC1)N=C(c1ccc(C)c(C)c1)CC(c1ccccc1O)N2. The van der Waals surface area contributed by atoms with Gasteiger partial charge in [0.05, 0.1) is 0 Å². The van der Waals surface area contributed by atoms with Crippen LogP contribution in [0, 0.1) is 13.8 Å². The lowest BCUT2D eigenvalue weighted by Crippen LogP contribution is -2.56. The van der Waals surface area contributed by atoms with Gasteiger partial charge in [0, 0.05) is 36.8 Å². The second kappa shape index (κ2) is 7.69. The van der Waals surface area contributed by atoms with Gasteiger partial charge < -0.3 is 10.0 Å². The monoisotopic (exact) mass is 377 g/mol. The summed E-state index contributed by atoms with van der Waals surface area (Å²) in [4.78, 5) is 7.77. The van der Waals surface area contributed by atoms with Crippen LogP contribution in [0.4, 0.5) is 0 Å². The maximum atomic E-state index is 10.5. The van der Waals surface area contributed by atoms with Crippen molar-refractivity contribution in [1.29, 1.82) is 0 Å². The van der Waals surface area contributed by atoms with Crippen LogP contribution >= 0.6 is 0 Å². The molecule has 4 heteroatoms. The average molecular weight is 378 g/mol. The summed E-state index contributed by atoms with van der Waals surface area (Å²) in [5.74, 6) is 0.363. The molecule has 2 N–H and O–H groups in total. The predicted molar refractivity (Wildman–Crippen MR) is 115 cm³/mol. The molecule has 1 unspecified atom stereocenters. The second-order valence-electron chi connectivity index (χ2n) is 8.28. The van der Waals surface area contributed by atoms with E-state index in [1.54, 1.807) is 6.07 Å². The molecule has 4 rings (SSSR count). The summed E-state index contributed by atoms with van der Waals surface area (Å²) in [5, 5.41) is 14.3. The number of aromatic hydroxyl groups is 1. The summed E-state index contributed by atoms with van der Waals surface area (Å²) in [7, 11) is 0. The Hall–Kier alpha value is -2.17. The number of nitrogens with one attached hydrogen (secondary N) is 1. The number of para-hydroxylation sites is 1. The fraction of sp³-hybridized carbons (Fsp3) is 0.458. The van der Waals surface area contributed by atoms with E-state index < -0.39 is 0 Å². The molecule has 4 nitrogen and oxygen atoms in total. The quantitative estimate of drug-likeness (QED) is 0.836. The van der Waals surface area contributed by atoms with E-state index >= 15 is 0 Å². The van der Waals surface area contributed by atoms with E-state index in [0.29, 0.717) is 5.75 Å². The zero-order valence-electron chi connectivity index (χ0n) is 17.2. The highest BCUT2D eigenvalue weighted by molar-refractivity contribution is 6.02. The van der Waals surface area contributed by atoms with Gasteiger partial charge >= 0.3 is 0 Å². The molecular weight excluding hydrogens is 346 g/mol. The lowest BCUT2D eigenvalue weighted by atomic mass is 9.87. The summed E-state index contributed by atoms with van der Waals surface area (Å²) in [5.41, 5.74) is 5.69. The molecule has 0 radical (unpaired) electrons. The van der Waals surface area contributed by atoms with Crippen molar-refractivity contribution in [3.05, 3.63) is 64.7 Å². The van der Waals surface area contributed by atoms with Crippen LogP contribution in [0.1, 0.15) is 54.5 Å². The molecule has 1 saturated heterocycles. The van der Waals surface area contributed by atoms with Crippen LogP contribution in [-0.2, 0) is 0 Å². The van der Waals surface area contributed by atoms with Crippen molar-refractivity contribution in [2.45, 2.75) is 51.7 Å². The van der Waals surface area contributed by atoms with Crippen LogP contribution < -0.4 is 5.32 Å². The van der Waals surface area contributed by atoms with Crippen molar-refractivity contribution >= 4 is 5.71 Å². The molecule has 0 aromatic heterocycles. The molecule has 2 aromatic carbocycles. The number of piperidine rings is 1. The van der Waals surface area contributed by atoms with E-state index in [-0.39, 0.29) is 11.7 Å². The summed E-state index contributed by atoms with van der Waals surface area (Å²) in [6, 6.07) is 14.4. The molecule has 0 amide bonds. The highest BCUT2D eigenvalue weighted by Crippen LogP contribution is 2.37. The van der Waals surface area contributed by atoms with Crippen molar-refractivity contribution in [3.63, 3.8) is 0 Å². The Kier molecular flexibility index (Phi) is 5.26. The molecule has 0 bridgehead atoms. The molecule has 2 aliphatic heterocycles. The Labute approximate surface area is 168 Å². The van der Waals surface area contributed by atoms with Crippen LogP contribution in [0.15, 0.2) is 47.5 Å². The minimum atomic E-state index is -0.245. The second-order valence-corrected chi connectivity index (χ2v) is 8.28. The summed E-state index contributed by atoms with van der Waals surface area (Å²) in [6.07, 6.45) is 2.79. The van der Waals surface area contributed by atoms with Gasteiger partial charge in [0.15, 0.2) is 0 Å². The molecule has 0 aliphatic carbocycles. The first kappa shape index (κ1) is 19.2. The Morgan fingerprint density at radius 1 is 1.11 bits per heavy atom. The highest BCUT2D eigenvalue weighted by Gasteiger charge is 2.40.